The van der Waals surface area contributed by atoms with Crippen molar-refractivity contribution in [3.05, 3.63) is 58.9 Å². The van der Waals surface area contributed by atoms with Gasteiger partial charge in [-0.3, -0.25) is 9.59 Å². The quantitative estimate of drug-likeness (QED) is 0.416. The maximum atomic E-state index is 13.3. The molecule has 0 heterocycles. The molecule has 1 aliphatic carbocycles. The summed E-state index contributed by atoms with van der Waals surface area (Å²) in [4.78, 5) is 49.4. The average Bonchev–Trinajstić information content (AvgIpc) is 2.68. The molecule has 0 saturated carbocycles. The molecule has 0 unspecified atom stereocenters. The van der Waals surface area contributed by atoms with Crippen LogP contribution in [-0.4, -0.2) is 45.8 Å². The highest BCUT2D eigenvalue weighted by Gasteiger charge is 2.34. The van der Waals surface area contributed by atoms with Crippen molar-refractivity contribution >= 4 is 23.5 Å². The number of carbonyl (C=O) groups excluding carboxylic acids is 2. The maximum Gasteiger partial charge on any atom is 0.326 e. The van der Waals surface area contributed by atoms with Gasteiger partial charge in [0.2, 0.25) is 11.6 Å². The second kappa shape index (κ2) is 10.1. The van der Waals surface area contributed by atoms with E-state index in [1.807, 2.05) is 6.07 Å². The van der Waals surface area contributed by atoms with E-state index < -0.39 is 35.6 Å². The van der Waals surface area contributed by atoms with Gasteiger partial charge in [0.05, 0.1) is 11.4 Å². The Morgan fingerprint density at radius 1 is 0.871 bits per heavy atom. The molecule has 0 saturated heterocycles. The van der Waals surface area contributed by atoms with Crippen molar-refractivity contribution in [2.45, 2.75) is 46.2 Å². The van der Waals surface area contributed by atoms with Gasteiger partial charge >= 0.3 is 11.9 Å². The second-order valence-corrected chi connectivity index (χ2v) is 8.18. The Bertz CT molecular complexity index is 931. The van der Waals surface area contributed by atoms with E-state index in [2.05, 4.69) is 10.6 Å². The number of benzene rings is 1. The molecule has 1 aromatic carbocycles. The Morgan fingerprint density at radius 3 is 1.87 bits per heavy atom. The summed E-state index contributed by atoms with van der Waals surface area (Å²) in [5.41, 5.74) is 0.672. The van der Waals surface area contributed by atoms with Gasteiger partial charge in [0.1, 0.15) is 12.1 Å². The van der Waals surface area contributed by atoms with Crippen molar-refractivity contribution in [2.24, 2.45) is 11.8 Å². The SMILES string of the molecule is CC(C)[C@H](NC1=CC(=O)C(N[C@H](C(=O)O)C(C)C)=C(Cc2ccccc2)C1=O)C(=O)O. The van der Waals surface area contributed by atoms with Crippen LogP contribution in [0.1, 0.15) is 33.3 Å². The van der Waals surface area contributed by atoms with E-state index in [-0.39, 0.29) is 35.2 Å². The molecule has 0 bridgehead atoms. The number of hydrogen-bond donors (Lipinski definition) is 4. The zero-order valence-corrected chi connectivity index (χ0v) is 18.0. The number of carboxylic acids is 2. The summed E-state index contributed by atoms with van der Waals surface area (Å²) in [6.45, 7) is 6.77. The minimum absolute atomic E-state index is 0.0723. The number of allylic oxidation sites excluding steroid dienone is 2. The van der Waals surface area contributed by atoms with Gasteiger partial charge in [-0.1, -0.05) is 58.0 Å². The molecule has 166 valence electrons. The van der Waals surface area contributed by atoms with Crippen molar-refractivity contribution in [3.8, 4) is 0 Å². The molecule has 8 nitrogen and oxygen atoms in total. The lowest BCUT2D eigenvalue weighted by molar-refractivity contribution is -0.141. The summed E-state index contributed by atoms with van der Waals surface area (Å²) in [5, 5.41) is 24.4. The van der Waals surface area contributed by atoms with Crippen molar-refractivity contribution in [1.82, 2.24) is 10.6 Å². The fourth-order valence-electron chi connectivity index (χ4n) is 3.28. The number of nitrogens with one attached hydrogen (secondary N) is 2. The topological polar surface area (TPSA) is 133 Å². The number of aliphatic carboxylic acids is 2. The van der Waals surface area contributed by atoms with Crippen LogP contribution in [0.3, 0.4) is 0 Å². The summed E-state index contributed by atoms with van der Waals surface area (Å²) in [5.74, 6) is -4.06. The third-order valence-corrected chi connectivity index (χ3v) is 5.04. The van der Waals surface area contributed by atoms with E-state index in [4.69, 9.17) is 0 Å². The molecule has 31 heavy (non-hydrogen) atoms. The van der Waals surface area contributed by atoms with Gasteiger partial charge in [-0.05, 0) is 17.4 Å². The van der Waals surface area contributed by atoms with E-state index >= 15 is 0 Å². The Balaban J connectivity index is 2.48. The second-order valence-electron chi connectivity index (χ2n) is 8.18. The van der Waals surface area contributed by atoms with Gasteiger partial charge in [-0.2, -0.15) is 0 Å². The zero-order chi connectivity index (χ0) is 23.3. The first-order valence-electron chi connectivity index (χ1n) is 10.1. The molecule has 0 aromatic heterocycles. The summed E-state index contributed by atoms with van der Waals surface area (Å²) in [6.07, 6.45) is 1.13. The Kier molecular flexibility index (Phi) is 7.74. The molecule has 4 N–H and O–H groups in total. The molecular weight excluding hydrogens is 400 g/mol. The number of carbonyl (C=O) groups is 4. The number of rotatable bonds is 10. The lowest BCUT2D eigenvalue weighted by Crippen LogP contribution is -2.46. The Morgan fingerprint density at radius 2 is 1.39 bits per heavy atom. The molecule has 0 radical (unpaired) electrons. The molecular formula is C23H28N2O6. The predicted molar refractivity (Wildman–Crippen MR) is 114 cm³/mol. The highest BCUT2D eigenvalue weighted by atomic mass is 16.4. The molecule has 1 aromatic rings. The highest BCUT2D eigenvalue weighted by molar-refractivity contribution is 6.22. The van der Waals surface area contributed by atoms with Crippen LogP contribution in [0.5, 0.6) is 0 Å². The highest BCUT2D eigenvalue weighted by Crippen LogP contribution is 2.23. The van der Waals surface area contributed by atoms with Gasteiger partial charge in [-0.15, -0.1) is 0 Å². The minimum Gasteiger partial charge on any atom is -0.480 e. The smallest absolute Gasteiger partial charge is 0.326 e. The molecule has 2 rings (SSSR count). The molecule has 8 heteroatoms. The molecule has 0 spiro atoms. The van der Waals surface area contributed by atoms with Crippen LogP contribution in [0.2, 0.25) is 0 Å². The summed E-state index contributed by atoms with van der Waals surface area (Å²) in [7, 11) is 0. The number of Topliss-reactive ketones (excluding diaryl/α,β-unsaturated/α-hetero) is 1. The van der Waals surface area contributed by atoms with E-state index in [1.54, 1.807) is 52.0 Å². The molecule has 2 atom stereocenters. The van der Waals surface area contributed by atoms with Crippen molar-refractivity contribution in [3.63, 3.8) is 0 Å². The van der Waals surface area contributed by atoms with Gasteiger partial charge in [0.25, 0.3) is 0 Å². The third-order valence-electron chi connectivity index (χ3n) is 5.04. The number of ketones is 2. The molecule has 0 aliphatic heterocycles. The first kappa shape index (κ1) is 23.9. The molecule has 0 fully saturated rings. The summed E-state index contributed by atoms with van der Waals surface area (Å²) in [6, 6.07) is 6.86. The van der Waals surface area contributed by atoms with Gasteiger partial charge in [0, 0.05) is 18.1 Å². The standard InChI is InChI=1S/C23H28N2O6/c1-12(2)18(22(28)29)24-16-11-17(26)20(25-19(13(3)4)23(30)31)15(21(16)27)10-14-8-6-5-7-9-14/h5-9,11-13,18-19,24-25H,10H2,1-4H3,(H,28,29)(H,30,31)/t18-,19-/m0/s1. The van der Waals surface area contributed by atoms with E-state index in [0.29, 0.717) is 0 Å². The lowest BCUT2D eigenvalue weighted by atomic mass is 9.90. The Hall–Kier alpha value is -3.42. The predicted octanol–water partition coefficient (Wildman–Crippen LogP) is 1.92. The normalized spacial score (nSPS) is 16.3. The largest absolute Gasteiger partial charge is 0.480 e. The van der Waals surface area contributed by atoms with E-state index in [0.717, 1.165) is 11.6 Å². The lowest BCUT2D eigenvalue weighted by Gasteiger charge is -2.27. The monoisotopic (exact) mass is 428 g/mol. The minimum atomic E-state index is -1.14. The zero-order valence-electron chi connectivity index (χ0n) is 18.0. The maximum absolute atomic E-state index is 13.3. The van der Waals surface area contributed by atoms with Crippen LogP contribution in [0.15, 0.2) is 53.4 Å². The van der Waals surface area contributed by atoms with Gasteiger partial charge in [-0.25, -0.2) is 9.59 Å². The fraction of sp³-hybridized carbons (Fsp3) is 0.391. The fourth-order valence-corrected chi connectivity index (χ4v) is 3.28. The number of carboxylic acid groups (broad SMARTS) is 2. The van der Waals surface area contributed by atoms with E-state index in [1.165, 1.54) is 0 Å². The van der Waals surface area contributed by atoms with Crippen LogP contribution in [-0.2, 0) is 25.6 Å². The first-order valence-corrected chi connectivity index (χ1v) is 10.1. The molecule has 0 amide bonds. The Labute approximate surface area is 181 Å². The molecule has 1 aliphatic rings. The van der Waals surface area contributed by atoms with Crippen LogP contribution in [0.4, 0.5) is 0 Å². The first-order chi connectivity index (χ1) is 14.5. The summed E-state index contributed by atoms with van der Waals surface area (Å²) < 4.78 is 0. The average molecular weight is 428 g/mol. The number of hydrogen-bond acceptors (Lipinski definition) is 6. The third kappa shape index (κ3) is 5.81. The van der Waals surface area contributed by atoms with Gasteiger partial charge < -0.3 is 20.8 Å². The van der Waals surface area contributed by atoms with Crippen LogP contribution >= 0.6 is 0 Å². The summed E-state index contributed by atoms with van der Waals surface area (Å²) >= 11 is 0. The van der Waals surface area contributed by atoms with Gasteiger partial charge in [0.15, 0.2) is 0 Å². The van der Waals surface area contributed by atoms with Crippen molar-refractivity contribution in [1.29, 1.82) is 0 Å². The van der Waals surface area contributed by atoms with Crippen LogP contribution in [0.25, 0.3) is 0 Å². The van der Waals surface area contributed by atoms with Crippen LogP contribution < -0.4 is 10.6 Å². The van der Waals surface area contributed by atoms with Crippen molar-refractivity contribution < 1.29 is 29.4 Å². The van der Waals surface area contributed by atoms with E-state index in [9.17, 15) is 29.4 Å². The van der Waals surface area contributed by atoms with Crippen molar-refractivity contribution in [2.75, 3.05) is 0 Å². The van der Waals surface area contributed by atoms with Crippen LogP contribution in [0, 0.1) is 11.8 Å².